The quantitative estimate of drug-likeness (QED) is 0.901. The Bertz CT molecular complexity index is 560. The molecule has 0 aliphatic heterocycles. The summed E-state index contributed by atoms with van der Waals surface area (Å²) in [5.74, 6) is 0. The van der Waals surface area contributed by atoms with Gasteiger partial charge in [0.15, 0.2) is 0 Å². The number of benzene rings is 1. The molecule has 0 unspecified atom stereocenters. The predicted molar refractivity (Wildman–Crippen MR) is 77.2 cm³/mol. The Morgan fingerprint density at radius 3 is 2.95 bits per heavy atom. The Kier molecular flexibility index (Phi) is 3.58. The Hall–Kier alpha value is -1.32. The molecule has 0 spiro atoms. The van der Waals surface area contributed by atoms with Crippen molar-refractivity contribution in [1.82, 2.24) is 14.9 Å². The maximum absolute atomic E-state index is 6.21. The van der Waals surface area contributed by atoms with Gasteiger partial charge in [0.2, 0.25) is 0 Å². The molecule has 2 aromatic rings. The fourth-order valence-electron chi connectivity index (χ4n) is 2.34. The van der Waals surface area contributed by atoms with Crippen molar-refractivity contribution in [2.75, 3.05) is 0 Å². The number of imidazole rings is 1. The van der Waals surface area contributed by atoms with Crippen LogP contribution in [0, 0.1) is 0 Å². The van der Waals surface area contributed by atoms with E-state index in [2.05, 4.69) is 27.9 Å². The molecule has 3 rings (SSSR count). The maximum Gasteiger partial charge on any atom is 0.0951 e. The monoisotopic (exact) mass is 275 g/mol. The minimum Gasteiger partial charge on any atom is -0.330 e. The van der Waals surface area contributed by atoms with Crippen LogP contribution in [0.15, 0.2) is 36.8 Å². The number of nitrogens with one attached hydrogen (secondary N) is 1. The SMILES string of the molecule is C[C@@H](NCc1cncn1C1CC1)c1ccccc1Cl. The summed E-state index contributed by atoms with van der Waals surface area (Å²) in [5.41, 5.74) is 2.39. The Morgan fingerprint density at radius 1 is 1.42 bits per heavy atom. The lowest BCUT2D eigenvalue weighted by Gasteiger charge is -2.16. The summed E-state index contributed by atoms with van der Waals surface area (Å²) in [4.78, 5) is 4.25. The first kappa shape index (κ1) is 12.7. The van der Waals surface area contributed by atoms with E-state index < -0.39 is 0 Å². The molecule has 1 fully saturated rings. The van der Waals surface area contributed by atoms with Gasteiger partial charge in [0, 0.05) is 29.8 Å². The van der Waals surface area contributed by atoms with Crippen LogP contribution in [0.4, 0.5) is 0 Å². The van der Waals surface area contributed by atoms with Crippen molar-refractivity contribution in [3.05, 3.63) is 53.1 Å². The first-order valence-electron chi connectivity index (χ1n) is 6.74. The molecule has 4 heteroatoms. The molecule has 0 amide bonds. The van der Waals surface area contributed by atoms with Crippen molar-refractivity contribution >= 4 is 11.6 Å². The van der Waals surface area contributed by atoms with Gasteiger partial charge in [-0.1, -0.05) is 29.8 Å². The number of hydrogen-bond acceptors (Lipinski definition) is 2. The fourth-order valence-corrected chi connectivity index (χ4v) is 2.64. The molecule has 0 bridgehead atoms. The van der Waals surface area contributed by atoms with Crippen molar-refractivity contribution in [2.24, 2.45) is 0 Å². The van der Waals surface area contributed by atoms with Crippen LogP contribution in [0.3, 0.4) is 0 Å². The average Bonchev–Trinajstić information content (AvgIpc) is 3.15. The van der Waals surface area contributed by atoms with Gasteiger partial charge >= 0.3 is 0 Å². The molecule has 1 N–H and O–H groups in total. The topological polar surface area (TPSA) is 29.9 Å². The molecule has 1 aromatic heterocycles. The summed E-state index contributed by atoms with van der Waals surface area (Å²) in [6, 6.07) is 8.89. The predicted octanol–water partition coefficient (Wildman–Crippen LogP) is 3.72. The third-order valence-corrected chi connectivity index (χ3v) is 3.99. The molecule has 3 nitrogen and oxygen atoms in total. The smallest absolute Gasteiger partial charge is 0.0951 e. The van der Waals surface area contributed by atoms with Gasteiger partial charge in [-0.3, -0.25) is 0 Å². The zero-order valence-electron chi connectivity index (χ0n) is 11.0. The summed E-state index contributed by atoms with van der Waals surface area (Å²) >= 11 is 6.21. The second-order valence-electron chi connectivity index (χ2n) is 5.15. The van der Waals surface area contributed by atoms with E-state index in [1.807, 2.05) is 30.7 Å². The second-order valence-corrected chi connectivity index (χ2v) is 5.55. The number of hydrogen-bond donors (Lipinski definition) is 1. The van der Waals surface area contributed by atoms with Crippen LogP contribution in [-0.2, 0) is 6.54 Å². The maximum atomic E-state index is 6.21. The van der Waals surface area contributed by atoms with E-state index in [1.165, 1.54) is 18.5 Å². The number of aromatic nitrogens is 2. The Balaban J connectivity index is 1.65. The third kappa shape index (κ3) is 2.82. The van der Waals surface area contributed by atoms with E-state index >= 15 is 0 Å². The van der Waals surface area contributed by atoms with Gasteiger partial charge in [0.25, 0.3) is 0 Å². The molecular weight excluding hydrogens is 258 g/mol. The van der Waals surface area contributed by atoms with Gasteiger partial charge < -0.3 is 9.88 Å². The van der Waals surface area contributed by atoms with Gasteiger partial charge in [-0.2, -0.15) is 0 Å². The van der Waals surface area contributed by atoms with Crippen molar-refractivity contribution in [3.8, 4) is 0 Å². The normalized spacial score (nSPS) is 16.5. The van der Waals surface area contributed by atoms with E-state index in [1.54, 1.807) is 0 Å². The van der Waals surface area contributed by atoms with Crippen LogP contribution in [0.2, 0.25) is 5.02 Å². The summed E-state index contributed by atoms with van der Waals surface area (Å²) in [5, 5.41) is 4.34. The van der Waals surface area contributed by atoms with Gasteiger partial charge in [0.05, 0.1) is 12.0 Å². The molecule has 1 aliphatic rings. The fraction of sp³-hybridized carbons (Fsp3) is 0.400. The number of nitrogens with zero attached hydrogens (tertiary/aromatic N) is 2. The first-order valence-corrected chi connectivity index (χ1v) is 7.12. The molecule has 1 saturated carbocycles. The highest BCUT2D eigenvalue weighted by molar-refractivity contribution is 6.31. The van der Waals surface area contributed by atoms with Crippen LogP contribution in [0.1, 0.15) is 43.1 Å². The molecule has 1 atom stereocenters. The largest absolute Gasteiger partial charge is 0.330 e. The van der Waals surface area contributed by atoms with Crippen LogP contribution in [-0.4, -0.2) is 9.55 Å². The average molecular weight is 276 g/mol. The van der Waals surface area contributed by atoms with E-state index in [-0.39, 0.29) is 6.04 Å². The molecule has 0 saturated heterocycles. The summed E-state index contributed by atoms with van der Waals surface area (Å²) in [6.07, 6.45) is 6.45. The lowest BCUT2D eigenvalue weighted by Crippen LogP contribution is -2.20. The van der Waals surface area contributed by atoms with Crippen LogP contribution in [0.5, 0.6) is 0 Å². The number of rotatable bonds is 5. The molecule has 1 aromatic carbocycles. The molecule has 19 heavy (non-hydrogen) atoms. The van der Waals surface area contributed by atoms with Gasteiger partial charge in [-0.25, -0.2) is 4.98 Å². The van der Waals surface area contributed by atoms with E-state index in [4.69, 9.17) is 11.6 Å². The van der Waals surface area contributed by atoms with Gasteiger partial charge in [-0.05, 0) is 31.4 Å². The third-order valence-electron chi connectivity index (χ3n) is 3.65. The minimum absolute atomic E-state index is 0.233. The summed E-state index contributed by atoms with van der Waals surface area (Å²) in [7, 11) is 0. The zero-order chi connectivity index (χ0) is 13.2. The van der Waals surface area contributed by atoms with Crippen LogP contribution < -0.4 is 5.32 Å². The molecule has 1 aliphatic carbocycles. The van der Waals surface area contributed by atoms with Gasteiger partial charge in [-0.15, -0.1) is 0 Å². The summed E-state index contributed by atoms with van der Waals surface area (Å²) in [6.45, 7) is 2.96. The van der Waals surface area contributed by atoms with Crippen molar-refractivity contribution in [1.29, 1.82) is 0 Å². The second kappa shape index (κ2) is 5.35. The van der Waals surface area contributed by atoms with Crippen molar-refractivity contribution in [3.63, 3.8) is 0 Å². The molecule has 0 radical (unpaired) electrons. The lowest BCUT2D eigenvalue weighted by molar-refractivity contribution is 0.547. The minimum atomic E-state index is 0.233. The van der Waals surface area contributed by atoms with E-state index in [0.29, 0.717) is 6.04 Å². The van der Waals surface area contributed by atoms with Crippen LogP contribution in [0.25, 0.3) is 0 Å². The molecule has 1 heterocycles. The highest BCUT2D eigenvalue weighted by Gasteiger charge is 2.25. The summed E-state index contributed by atoms with van der Waals surface area (Å²) < 4.78 is 2.28. The highest BCUT2D eigenvalue weighted by Crippen LogP contribution is 2.35. The van der Waals surface area contributed by atoms with E-state index in [9.17, 15) is 0 Å². The van der Waals surface area contributed by atoms with Crippen LogP contribution >= 0.6 is 11.6 Å². The van der Waals surface area contributed by atoms with E-state index in [0.717, 1.165) is 17.1 Å². The Labute approximate surface area is 118 Å². The molecule has 100 valence electrons. The highest BCUT2D eigenvalue weighted by atomic mass is 35.5. The molecular formula is C15H18ClN3. The lowest BCUT2D eigenvalue weighted by atomic mass is 10.1. The standard InChI is InChI=1S/C15H18ClN3/c1-11(14-4-2-3-5-15(14)16)18-9-13-8-17-10-19(13)12-6-7-12/h2-5,8,10-12,18H,6-7,9H2,1H3/t11-/m1/s1. The van der Waals surface area contributed by atoms with Gasteiger partial charge in [0.1, 0.15) is 0 Å². The zero-order valence-corrected chi connectivity index (χ0v) is 11.8. The first-order chi connectivity index (χ1) is 9.25. The Morgan fingerprint density at radius 2 is 2.21 bits per heavy atom. The van der Waals surface area contributed by atoms with Crippen molar-refractivity contribution in [2.45, 2.75) is 38.4 Å². The number of halogens is 1. The van der Waals surface area contributed by atoms with Crippen molar-refractivity contribution < 1.29 is 0 Å².